The maximum atomic E-state index is 13.6. The molecule has 0 aliphatic carbocycles. The number of amides is 1. The van der Waals surface area contributed by atoms with Crippen LogP contribution < -0.4 is 23.8 Å². The largest absolute Gasteiger partial charge is 0.486 e. The zero-order valence-corrected chi connectivity index (χ0v) is 21.2. The van der Waals surface area contributed by atoms with Crippen molar-refractivity contribution in [1.29, 1.82) is 0 Å². The number of hydrogen-bond acceptors (Lipinski definition) is 6. The lowest BCUT2D eigenvalue weighted by Gasteiger charge is -2.35. The van der Waals surface area contributed by atoms with Crippen LogP contribution in [0.2, 0.25) is 0 Å². The molecule has 5 rings (SSSR count). The number of benzene rings is 3. The monoisotopic (exact) mass is 508 g/mol. The molecule has 0 fully saturated rings. The second kappa shape index (κ2) is 9.39. The number of ether oxygens (including phenoxy) is 3. The van der Waals surface area contributed by atoms with Gasteiger partial charge in [-0.3, -0.25) is 9.10 Å². The van der Waals surface area contributed by atoms with E-state index in [2.05, 4.69) is 5.32 Å². The molecule has 0 radical (unpaired) electrons. The first-order chi connectivity index (χ1) is 17.2. The van der Waals surface area contributed by atoms with Crippen molar-refractivity contribution in [3.8, 4) is 17.2 Å². The van der Waals surface area contributed by atoms with Gasteiger partial charge in [-0.15, -0.1) is 0 Å². The molecule has 3 aromatic rings. The summed E-state index contributed by atoms with van der Waals surface area (Å²) in [6, 6.07) is 17.1. The van der Waals surface area contributed by atoms with Gasteiger partial charge in [0.1, 0.15) is 19.0 Å². The zero-order valence-electron chi connectivity index (χ0n) is 20.4. The maximum Gasteiger partial charge on any atom is 0.264 e. The molecule has 0 saturated carbocycles. The smallest absolute Gasteiger partial charge is 0.264 e. The number of nitrogens with zero attached hydrogens (tertiary/aromatic N) is 1. The normalized spacial score (nSPS) is 17.5. The van der Waals surface area contributed by atoms with Crippen molar-refractivity contribution in [2.24, 2.45) is 0 Å². The first-order valence-corrected chi connectivity index (χ1v) is 13.2. The van der Waals surface area contributed by atoms with E-state index >= 15 is 0 Å². The Bertz CT molecular complexity index is 1400. The van der Waals surface area contributed by atoms with Crippen LogP contribution in [-0.4, -0.2) is 40.2 Å². The van der Waals surface area contributed by atoms with Gasteiger partial charge in [-0.1, -0.05) is 29.8 Å². The quantitative estimate of drug-likeness (QED) is 0.562. The lowest BCUT2D eigenvalue weighted by Crippen LogP contribution is -2.51. The summed E-state index contributed by atoms with van der Waals surface area (Å²) in [5, 5.41) is 2.96. The van der Waals surface area contributed by atoms with Gasteiger partial charge in [-0.2, -0.15) is 0 Å². The Labute approximate surface area is 210 Å². The fourth-order valence-electron chi connectivity index (χ4n) is 4.28. The van der Waals surface area contributed by atoms with Gasteiger partial charge in [0.25, 0.3) is 15.9 Å². The van der Waals surface area contributed by atoms with Crippen molar-refractivity contribution in [2.45, 2.75) is 37.8 Å². The molecule has 0 aromatic heterocycles. The molecule has 2 aliphatic heterocycles. The van der Waals surface area contributed by atoms with E-state index < -0.39 is 22.0 Å². The number of anilines is 1. The van der Waals surface area contributed by atoms with Crippen molar-refractivity contribution in [2.75, 3.05) is 24.1 Å². The van der Waals surface area contributed by atoms with E-state index in [0.29, 0.717) is 36.1 Å². The minimum atomic E-state index is -3.92. The van der Waals surface area contributed by atoms with E-state index in [1.165, 1.54) is 4.31 Å². The molecular weight excluding hydrogens is 480 g/mol. The number of rotatable bonds is 5. The fraction of sp³-hybridized carbons (Fsp3) is 0.296. The van der Waals surface area contributed by atoms with Crippen molar-refractivity contribution in [1.82, 2.24) is 5.32 Å². The summed E-state index contributed by atoms with van der Waals surface area (Å²) in [5.41, 5.74) is 3.10. The molecule has 188 valence electrons. The molecule has 0 bridgehead atoms. The SMILES string of the molecule is Cc1ccc(S(=O)(=O)N2C[C@H](C(=O)N[C@@H](C)c3ccc4c(c3)OCCO4)Oc3cc(C)ccc32)cc1. The van der Waals surface area contributed by atoms with Gasteiger partial charge in [-0.25, -0.2) is 8.42 Å². The lowest BCUT2D eigenvalue weighted by atomic mass is 10.1. The van der Waals surface area contributed by atoms with Crippen molar-refractivity contribution in [3.63, 3.8) is 0 Å². The van der Waals surface area contributed by atoms with Crippen LogP contribution in [0.1, 0.15) is 29.7 Å². The lowest BCUT2D eigenvalue weighted by molar-refractivity contribution is -0.128. The molecule has 0 saturated heterocycles. The van der Waals surface area contributed by atoms with Crippen LogP contribution >= 0.6 is 0 Å². The predicted octanol–water partition coefficient (Wildman–Crippen LogP) is 3.91. The van der Waals surface area contributed by atoms with Crippen LogP contribution in [0.5, 0.6) is 17.2 Å². The fourth-order valence-corrected chi connectivity index (χ4v) is 5.76. The molecule has 9 heteroatoms. The number of hydrogen-bond donors (Lipinski definition) is 1. The van der Waals surface area contributed by atoms with Crippen molar-refractivity contribution >= 4 is 21.6 Å². The van der Waals surface area contributed by atoms with Gasteiger partial charge in [0.2, 0.25) is 0 Å². The number of nitrogens with one attached hydrogen (secondary N) is 1. The minimum Gasteiger partial charge on any atom is -0.486 e. The molecule has 8 nitrogen and oxygen atoms in total. The third kappa shape index (κ3) is 4.58. The first kappa shape index (κ1) is 24.0. The van der Waals surface area contributed by atoms with Gasteiger partial charge >= 0.3 is 0 Å². The summed E-state index contributed by atoms with van der Waals surface area (Å²) in [6.45, 7) is 6.46. The van der Waals surface area contributed by atoms with E-state index in [0.717, 1.165) is 16.7 Å². The Morgan fingerprint density at radius 1 is 0.917 bits per heavy atom. The Hall–Kier alpha value is -3.72. The average molecular weight is 509 g/mol. The molecule has 1 amide bonds. The highest BCUT2D eigenvalue weighted by Gasteiger charge is 2.38. The highest BCUT2D eigenvalue weighted by Crippen LogP contribution is 2.38. The minimum absolute atomic E-state index is 0.147. The van der Waals surface area contributed by atoms with Gasteiger partial charge in [0.15, 0.2) is 17.6 Å². The number of carbonyl (C=O) groups excluding carboxylic acids is 1. The van der Waals surface area contributed by atoms with Gasteiger partial charge in [0.05, 0.1) is 23.2 Å². The number of sulfonamides is 1. The third-order valence-corrected chi connectivity index (χ3v) is 8.11. The molecule has 2 heterocycles. The van der Waals surface area contributed by atoms with Crippen LogP contribution in [0.4, 0.5) is 5.69 Å². The van der Waals surface area contributed by atoms with Crippen LogP contribution in [-0.2, 0) is 14.8 Å². The van der Waals surface area contributed by atoms with Crippen LogP contribution in [0.25, 0.3) is 0 Å². The van der Waals surface area contributed by atoms with Crippen LogP contribution in [0.15, 0.2) is 65.6 Å². The Morgan fingerprint density at radius 2 is 1.61 bits per heavy atom. The summed E-state index contributed by atoms with van der Waals surface area (Å²) in [7, 11) is -3.92. The summed E-state index contributed by atoms with van der Waals surface area (Å²) < 4.78 is 45.7. The third-order valence-electron chi connectivity index (χ3n) is 6.31. The molecule has 36 heavy (non-hydrogen) atoms. The molecule has 3 aromatic carbocycles. The highest BCUT2D eigenvalue weighted by molar-refractivity contribution is 7.92. The summed E-state index contributed by atoms with van der Waals surface area (Å²) in [5.74, 6) is 1.24. The Kier molecular flexibility index (Phi) is 6.26. The molecule has 2 aliphatic rings. The molecule has 0 unspecified atom stereocenters. The van der Waals surface area contributed by atoms with Gasteiger partial charge < -0.3 is 19.5 Å². The van der Waals surface area contributed by atoms with Crippen molar-refractivity contribution in [3.05, 3.63) is 77.4 Å². The Morgan fingerprint density at radius 3 is 2.36 bits per heavy atom. The maximum absolute atomic E-state index is 13.6. The Balaban J connectivity index is 1.41. The first-order valence-electron chi connectivity index (χ1n) is 11.8. The summed E-state index contributed by atoms with van der Waals surface area (Å²) >= 11 is 0. The summed E-state index contributed by atoms with van der Waals surface area (Å²) in [6.07, 6.45) is -1.03. The molecule has 0 spiro atoms. The number of carbonyl (C=O) groups is 1. The van der Waals surface area contributed by atoms with E-state index in [9.17, 15) is 13.2 Å². The van der Waals surface area contributed by atoms with E-state index in [1.54, 1.807) is 36.4 Å². The van der Waals surface area contributed by atoms with Gasteiger partial charge in [0, 0.05) is 0 Å². The van der Waals surface area contributed by atoms with Crippen LogP contribution in [0, 0.1) is 13.8 Å². The standard InChI is InChI=1S/C27H28N2O6S/c1-17-4-8-21(9-5-17)36(31,32)29-16-26(35-24-14-18(2)6-10-22(24)29)27(30)28-19(3)20-7-11-23-25(15-20)34-13-12-33-23/h4-11,14-15,19,26H,12-13,16H2,1-3H3,(H,28,30)/t19-,26+/m0/s1. The second-order valence-corrected chi connectivity index (χ2v) is 10.9. The van der Waals surface area contributed by atoms with Crippen molar-refractivity contribution < 1.29 is 27.4 Å². The molecular formula is C27H28N2O6S. The van der Waals surface area contributed by atoms with Crippen LogP contribution in [0.3, 0.4) is 0 Å². The second-order valence-electron chi connectivity index (χ2n) is 9.06. The van der Waals surface area contributed by atoms with E-state index in [4.69, 9.17) is 14.2 Å². The van der Waals surface area contributed by atoms with E-state index in [-0.39, 0.29) is 17.5 Å². The zero-order chi connectivity index (χ0) is 25.4. The predicted molar refractivity (Wildman–Crippen MR) is 135 cm³/mol. The number of fused-ring (bicyclic) bond motifs is 2. The van der Waals surface area contributed by atoms with E-state index in [1.807, 2.05) is 45.0 Å². The van der Waals surface area contributed by atoms with Gasteiger partial charge in [-0.05, 0) is 68.3 Å². The molecule has 1 N–H and O–H groups in total. The topological polar surface area (TPSA) is 94.2 Å². The molecule has 2 atom stereocenters. The number of aryl methyl sites for hydroxylation is 2. The average Bonchev–Trinajstić information content (AvgIpc) is 2.87. The summed E-state index contributed by atoms with van der Waals surface area (Å²) in [4.78, 5) is 13.5. The highest BCUT2D eigenvalue weighted by atomic mass is 32.2.